The van der Waals surface area contributed by atoms with E-state index in [0.717, 1.165) is 0 Å². The number of para-hydroxylation sites is 1. The zero-order chi connectivity index (χ0) is 11.8. The average molecular weight is 239 g/mol. The normalized spacial score (nSPS) is 29.2. The third-order valence-electron chi connectivity index (χ3n) is 2.58. The van der Waals surface area contributed by atoms with Gasteiger partial charge in [-0.2, -0.15) is 0 Å². The van der Waals surface area contributed by atoms with Crippen LogP contribution in [0.15, 0.2) is 24.3 Å². The minimum Gasteiger partial charge on any atom is -0.508 e. The fourth-order valence-electron chi connectivity index (χ4n) is 1.85. The van der Waals surface area contributed by atoms with Gasteiger partial charge in [-0.1, -0.05) is 18.2 Å². The van der Waals surface area contributed by atoms with E-state index in [4.69, 9.17) is 0 Å². The summed E-state index contributed by atoms with van der Waals surface area (Å²) in [6, 6.07) is 6.66. The lowest BCUT2D eigenvalue weighted by molar-refractivity contribution is -0.141. The number of rotatable bonds is 2. The maximum absolute atomic E-state index is 11.4. The summed E-state index contributed by atoms with van der Waals surface area (Å²) < 4.78 is 0. The monoisotopic (exact) mass is 239 g/mol. The molecule has 1 aliphatic rings. The number of aromatic hydroxyl groups is 1. The lowest BCUT2D eigenvalue weighted by atomic mass is 10.0. The first kappa shape index (κ1) is 11.3. The Balaban J connectivity index is 2.49. The van der Waals surface area contributed by atoms with Crippen LogP contribution in [-0.4, -0.2) is 28.0 Å². The molecule has 0 amide bonds. The van der Waals surface area contributed by atoms with Gasteiger partial charge in [0.25, 0.3) is 0 Å². The van der Waals surface area contributed by atoms with Gasteiger partial charge in [-0.3, -0.25) is 5.32 Å². The van der Waals surface area contributed by atoms with Crippen LogP contribution in [0.4, 0.5) is 0 Å². The van der Waals surface area contributed by atoms with Crippen LogP contribution in [0, 0.1) is 0 Å². The molecule has 1 saturated heterocycles. The number of carboxylic acid groups (broad SMARTS) is 1. The maximum Gasteiger partial charge on any atom is 0.339 e. The summed E-state index contributed by atoms with van der Waals surface area (Å²) in [7, 11) is 0. The van der Waals surface area contributed by atoms with Crippen molar-refractivity contribution in [2.75, 3.05) is 5.75 Å². The number of thioether (sulfide) groups is 1. The Morgan fingerprint density at radius 2 is 2.25 bits per heavy atom. The highest BCUT2D eigenvalue weighted by Gasteiger charge is 2.47. The van der Waals surface area contributed by atoms with Crippen molar-refractivity contribution in [1.29, 1.82) is 0 Å². The van der Waals surface area contributed by atoms with Gasteiger partial charge in [-0.05, 0) is 13.0 Å². The molecule has 1 fully saturated rings. The van der Waals surface area contributed by atoms with Crippen molar-refractivity contribution in [3.8, 4) is 5.75 Å². The Hall–Kier alpha value is -1.20. The zero-order valence-electron chi connectivity index (χ0n) is 8.80. The molecule has 2 unspecified atom stereocenters. The summed E-state index contributed by atoms with van der Waals surface area (Å²) in [5.41, 5.74) is 0.414. The first-order valence-electron chi connectivity index (χ1n) is 5.00. The Morgan fingerprint density at radius 3 is 2.75 bits per heavy atom. The van der Waals surface area contributed by atoms with E-state index in [1.807, 2.05) is 6.92 Å². The number of hydrogen-bond donors (Lipinski definition) is 3. The minimum absolute atomic E-state index is 0.0130. The third-order valence-corrected chi connectivity index (χ3v) is 4.20. The smallest absolute Gasteiger partial charge is 0.339 e. The van der Waals surface area contributed by atoms with Gasteiger partial charge >= 0.3 is 5.97 Å². The van der Waals surface area contributed by atoms with E-state index in [9.17, 15) is 15.0 Å². The van der Waals surface area contributed by atoms with Crippen molar-refractivity contribution in [3.63, 3.8) is 0 Å². The summed E-state index contributed by atoms with van der Waals surface area (Å²) in [4.78, 5) is 10.2. The molecule has 16 heavy (non-hydrogen) atoms. The van der Waals surface area contributed by atoms with Crippen LogP contribution < -0.4 is 5.32 Å². The number of phenols is 1. The Labute approximate surface area is 97.7 Å². The Kier molecular flexibility index (Phi) is 2.82. The molecule has 2 rings (SSSR count). The summed E-state index contributed by atoms with van der Waals surface area (Å²) >= 11 is 1.30. The molecule has 86 valence electrons. The molecule has 1 aromatic carbocycles. The standard InChI is InChI=1S/C11H13NO3S/c1-7-6-16-11(12-7,10(14)15)8-4-2-3-5-9(8)13/h2-5,7,12-13H,6H2,1H3,(H,14,15). The van der Waals surface area contributed by atoms with Crippen LogP contribution >= 0.6 is 11.8 Å². The molecule has 4 nitrogen and oxygen atoms in total. The molecule has 0 radical (unpaired) electrons. The molecule has 5 heteroatoms. The Bertz CT molecular complexity index is 423. The van der Waals surface area contributed by atoms with Gasteiger partial charge < -0.3 is 10.2 Å². The largest absolute Gasteiger partial charge is 0.508 e. The zero-order valence-corrected chi connectivity index (χ0v) is 9.62. The van der Waals surface area contributed by atoms with Crippen molar-refractivity contribution in [2.45, 2.75) is 17.8 Å². The first-order valence-corrected chi connectivity index (χ1v) is 5.98. The average Bonchev–Trinajstić information content (AvgIpc) is 2.62. The van der Waals surface area contributed by atoms with Gasteiger partial charge in [0.05, 0.1) is 0 Å². The third kappa shape index (κ3) is 1.66. The summed E-state index contributed by atoms with van der Waals surface area (Å²) in [6.07, 6.45) is 0. The van der Waals surface area contributed by atoms with E-state index < -0.39 is 10.8 Å². The predicted octanol–water partition coefficient (Wildman–Crippen LogP) is 1.35. The summed E-state index contributed by atoms with van der Waals surface area (Å²) in [5, 5.41) is 22.1. The molecular weight excluding hydrogens is 226 g/mol. The van der Waals surface area contributed by atoms with Crippen LogP contribution in [0.5, 0.6) is 5.75 Å². The van der Waals surface area contributed by atoms with Gasteiger partial charge in [-0.15, -0.1) is 11.8 Å². The molecule has 3 N–H and O–H groups in total. The van der Waals surface area contributed by atoms with Gasteiger partial charge in [-0.25, -0.2) is 4.79 Å². The number of nitrogens with one attached hydrogen (secondary N) is 1. The summed E-state index contributed by atoms with van der Waals surface area (Å²) in [5.74, 6) is -0.247. The molecule has 0 bridgehead atoms. The second-order valence-electron chi connectivity index (χ2n) is 3.86. The van der Waals surface area contributed by atoms with E-state index in [0.29, 0.717) is 11.3 Å². The number of phenolic OH excluding ortho intramolecular Hbond substituents is 1. The quantitative estimate of drug-likeness (QED) is 0.727. The Morgan fingerprint density at radius 1 is 1.56 bits per heavy atom. The van der Waals surface area contributed by atoms with Crippen LogP contribution in [0.2, 0.25) is 0 Å². The SMILES string of the molecule is CC1CSC(C(=O)O)(c2ccccc2O)N1. The van der Waals surface area contributed by atoms with Crippen molar-refractivity contribution in [1.82, 2.24) is 5.32 Å². The number of carbonyl (C=O) groups is 1. The first-order chi connectivity index (χ1) is 7.56. The highest BCUT2D eigenvalue weighted by atomic mass is 32.2. The van der Waals surface area contributed by atoms with Crippen LogP contribution in [-0.2, 0) is 9.67 Å². The predicted molar refractivity (Wildman–Crippen MR) is 62.5 cm³/mol. The number of carboxylic acids is 1. The topological polar surface area (TPSA) is 69.6 Å². The number of aliphatic carboxylic acids is 1. The molecule has 0 spiro atoms. The van der Waals surface area contributed by atoms with E-state index in [-0.39, 0.29) is 11.8 Å². The van der Waals surface area contributed by atoms with E-state index in [2.05, 4.69) is 5.32 Å². The van der Waals surface area contributed by atoms with Crippen LogP contribution in [0.1, 0.15) is 12.5 Å². The fourth-order valence-corrected chi connectivity index (χ4v) is 3.17. The number of hydrogen-bond acceptors (Lipinski definition) is 4. The minimum atomic E-state index is -1.22. The highest BCUT2D eigenvalue weighted by molar-refractivity contribution is 8.01. The van der Waals surface area contributed by atoms with Crippen molar-refractivity contribution in [3.05, 3.63) is 29.8 Å². The second-order valence-corrected chi connectivity index (χ2v) is 5.09. The lowest BCUT2D eigenvalue weighted by Gasteiger charge is -2.25. The molecule has 1 aromatic rings. The molecule has 1 heterocycles. The molecule has 2 atom stereocenters. The van der Waals surface area contributed by atoms with Crippen LogP contribution in [0.3, 0.4) is 0 Å². The molecule has 0 aliphatic carbocycles. The summed E-state index contributed by atoms with van der Waals surface area (Å²) in [6.45, 7) is 1.93. The molecule has 0 saturated carbocycles. The molecule has 0 aromatic heterocycles. The maximum atomic E-state index is 11.4. The second kappa shape index (κ2) is 3.99. The van der Waals surface area contributed by atoms with Crippen molar-refractivity contribution in [2.24, 2.45) is 0 Å². The van der Waals surface area contributed by atoms with Gasteiger partial charge in [0.15, 0.2) is 4.87 Å². The van der Waals surface area contributed by atoms with Crippen LogP contribution in [0.25, 0.3) is 0 Å². The van der Waals surface area contributed by atoms with E-state index in [1.165, 1.54) is 17.8 Å². The van der Waals surface area contributed by atoms with E-state index in [1.54, 1.807) is 18.2 Å². The van der Waals surface area contributed by atoms with Gasteiger partial charge in [0.2, 0.25) is 0 Å². The van der Waals surface area contributed by atoms with Gasteiger partial charge in [0.1, 0.15) is 5.75 Å². The van der Waals surface area contributed by atoms with Gasteiger partial charge in [0, 0.05) is 17.4 Å². The number of benzene rings is 1. The van der Waals surface area contributed by atoms with E-state index >= 15 is 0 Å². The molecular formula is C11H13NO3S. The molecule has 1 aliphatic heterocycles. The van der Waals surface area contributed by atoms with Crippen molar-refractivity contribution < 1.29 is 15.0 Å². The lowest BCUT2D eigenvalue weighted by Crippen LogP contribution is -2.44. The fraction of sp³-hybridized carbons (Fsp3) is 0.364. The van der Waals surface area contributed by atoms with Crippen molar-refractivity contribution >= 4 is 17.7 Å². The highest BCUT2D eigenvalue weighted by Crippen LogP contribution is 2.43.